The van der Waals surface area contributed by atoms with Gasteiger partial charge in [-0.2, -0.15) is 5.10 Å². The zero-order chi connectivity index (χ0) is 97.7. The number of piperazine rings is 4. The summed E-state index contributed by atoms with van der Waals surface area (Å²) in [4.78, 5) is 171. The molecule has 1 aliphatic carbocycles. The molecule has 4 aromatic heterocycles. The van der Waals surface area contributed by atoms with Crippen molar-refractivity contribution < 1.29 is 53.1 Å². The van der Waals surface area contributed by atoms with E-state index in [-0.39, 0.29) is 67.6 Å². The molecule has 141 heavy (non-hydrogen) atoms. The number of carbonyl (C=O) groups excluding carboxylic acids is 9. The molecule has 1 saturated carbocycles. The van der Waals surface area contributed by atoms with Gasteiger partial charge in [0.15, 0.2) is 5.78 Å². The molecule has 7 saturated heterocycles. The average Bonchev–Trinajstić information content (AvgIpc) is 1.60. The van der Waals surface area contributed by atoms with Gasteiger partial charge in [0.1, 0.15) is 29.2 Å². The van der Waals surface area contributed by atoms with Gasteiger partial charge in [0, 0.05) is 266 Å². The molecular formula is C100H122N30O11. The molecule has 2 unspecified atom stereocenters. The summed E-state index contributed by atoms with van der Waals surface area (Å²) < 4.78 is 1.66. The van der Waals surface area contributed by atoms with E-state index < -0.39 is 47.6 Å². The number of carboxylic acid groups (broad SMARTS) is 1. The number of benzene rings is 4. The third kappa shape index (κ3) is 19.5. The third-order valence-electron chi connectivity index (χ3n) is 31.0. The number of hydrogen-bond donors (Lipinski definition) is 7. The summed E-state index contributed by atoms with van der Waals surface area (Å²) in [7, 11) is 3.64. The highest BCUT2D eigenvalue weighted by atomic mass is 16.4. The zero-order valence-electron chi connectivity index (χ0n) is 80.7. The van der Waals surface area contributed by atoms with Crippen LogP contribution in [0.4, 0.5) is 40.3 Å². The van der Waals surface area contributed by atoms with Crippen molar-refractivity contribution in [2.24, 2.45) is 21.9 Å². The number of rotatable bonds is 21. The molecule has 14 aliphatic rings. The Bertz CT molecular complexity index is 6360. The van der Waals surface area contributed by atoms with E-state index in [1.165, 1.54) is 0 Å². The average molecular weight is 1920 g/mol. The number of hydrazone groups is 1. The van der Waals surface area contributed by atoms with Crippen LogP contribution < -0.4 is 51.9 Å². The Morgan fingerprint density at radius 3 is 1.62 bits per heavy atom. The fourth-order valence-electron chi connectivity index (χ4n) is 22.4. The van der Waals surface area contributed by atoms with Crippen molar-refractivity contribution in [1.82, 2.24) is 106 Å². The first-order chi connectivity index (χ1) is 68.3. The van der Waals surface area contributed by atoms with Crippen molar-refractivity contribution in [3.8, 4) is 11.3 Å². The van der Waals surface area contributed by atoms with Gasteiger partial charge >= 0.3 is 5.97 Å². The van der Waals surface area contributed by atoms with E-state index in [0.29, 0.717) is 75.1 Å². The second-order valence-corrected chi connectivity index (χ2v) is 39.3. The standard InChI is InChI=1S/C50H59N15O5.C42H50N10O4.C8H13N5O2/c1-31-44(32(2)65-50(58(31)3)55-56-57-65)47(68)53-36-5-4-35-29-52-45(39(35)27-36)34-10-13-51-42(26-34)63-24-22-60(23-25-63)17-16-59-18-20-61(21-19-59)30-33-11-14-62(15-12-33)37-6-7-38-40(28-37)49(70)64(48(38)69)41-8-9-43(66)54-46(41)67;43-30-1-5-36-35(24-30)40(46-45-36)29-7-10-44-39(23-29)51-21-19-48(20-22-51)14-13-47-15-17-49(18-16-47)27-28-8-11-50(12-9-28)31-2-4-33-34(25-31)42(56)52(41(33)55)37-6-3-32(53)26-38(37)54;1-4-6(7(14)15)5(2)13-8(12(4)3)9-10-11-13/h4-7,10,13,26-28,32-33,41H,8-9,11-12,14-25,29-30H2,1-3H3,(H,53,68)(H,54,66,67);1-2,4-5,7,10,23-25,28,37H,3,6,8-9,11-22,26-27,43H2,(H,45,46);5,10-11H,1-3H3,(H,14,15)/t32-,41?;;5-/m0.0/s1. The number of aliphatic imine (C=N–C) groups is 1. The van der Waals surface area contributed by atoms with Crippen LogP contribution in [0, 0.1) is 11.8 Å². The number of anilines is 7. The van der Waals surface area contributed by atoms with Crippen molar-refractivity contribution in [3.63, 3.8) is 0 Å². The van der Waals surface area contributed by atoms with Crippen LogP contribution in [0.5, 0.6) is 0 Å². The Labute approximate surface area is 816 Å². The third-order valence-corrected chi connectivity index (χ3v) is 31.0. The lowest BCUT2D eigenvalue weighted by molar-refractivity contribution is -0.137. The maximum Gasteiger partial charge on any atom is 0.335 e. The van der Waals surface area contributed by atoms with Gasteiger partial charge < -0.3 is 55.4 Å². The number of hydrogen-bond acceptors (Lipinski definition) is 34. The van der Waals surface area contributed by atoms with Gasteiger partial charge in [-0.05, 0) is 185 Å². The number of pyridine rings is 2. The first kappa shape index (κ1) is 94.7. The van der Waals surface area contributed by atoms with Crippen LogP contribution in [0.3, 0.4) is 0 Å². The van der Waals surface area contributed by atoms with E-state index in [1.807, 2.05) is 112 Å². The second-order valence-electron chi connectivity index (χ2n) is 39.3. The Hall–Kier alpha value is -13.8. The minimum Gasteiger partial charge on any atom is -0.478 e. The SMILES string of the molecule is CC1=C(C(=O)Nc2ccc3c(c2)C(c2ccnc(N4CCN(CCN5CCN(CC6CCN(c7ccc8c(c7)C(=O)N(C7CCC(=O)NC7=O)C8=O)CC6)CC5)CC4)c2)=NC3)[C@H](C)n2nnnc2N1C.CC1=C(C(=O)O)[C@H](C)N2NNN=C2N1C.Nc1ccc2[nH]nc(-c3ccnc(N4CCN(CCN5CCN(CC6CCN(c7ccc8c(c7)C(=O)N(C7CCC(=O)CC7=O)C8=O)CC6)CC5)CC4)c3)c2c1. The van der Waals surface area contributed by atoms with Crippen LogP contribution >= 0.6 is 0 Å². The van der Waals surface area contributed by atoms with Crippen molar-refractivity contribution in [3.05, 3.63) is 171 Å². The largest absolute Gasteiger partial charge is 0.478 e. The highest BCUT2D eigenvalue weighted by molar-refractivity contribution is 6.25. The van der Waals surface area contributed by atoms with E-state index >= 15 is 0 Å². The quantitative estimate of drug-likeness (QED) is 0.0288. The second kappa shape index (κ2) is 40.4. The number of aromatic amines is 1. The number of nitrogens with zero attached hydrogens (tertiary/aromatic N) is 24. The molecule has 4 atom stereocenters. The van der Waals surface area contributed by atoms with Crippen molar-refractivity contribution >= 4 is 122 Å². The number of amides is 7. The molecule has 41 heteroatoms. The maximum atomic E-state index is 13.7. The Morgan fingerprint density at radius 1 is 0.525 bits per heavy atom. The molecule has 738 valence electrons. The molecule has 41 nitrogen and oxygen atoms in total. The summed E-state index contributed by atoms with van der Waals surface area (Å²) in [5.41, 5.74) is 25.6. The minimum atomic E-state index is -0.962. The Balaban J connectivity index is 0.000000153. The van der Waals surface area contributed by atoms with E-state index in [9.17, 15) is 47.9 Å². The number of carboxylic acids is 1. The number of nitrogens with one attached hydrogen (secondary N) is 5. The highest BCUT2D eigenvalue weighted by Gasteiger charge is 2.48. The number of aliphatic carboxylic acids is 1. The number of nitrogen functional groups attached to an aromatic ring is 1. The summed E-state index contributed by atoms with van der Waals surface area (Å²) in [5.74, 6) is 0.141. The van der Waals surface area contributed by atoms with Crippen LogP contribution in [-0.2, 0) is 35.3 Å². The van der Waals surface area contributed by atoms with Crippen molar-refractivity contribution in [2.45, 2.75) is 116 Å². The number of allylic oxidation sites excluding steroid dienone is 2. The molecule has 8 N–H and O–H groups in total. The summed E-state index contributed by atoms with van der Waals surface area (Å²) in [6.07, 6.45) is 8.53. The molecule has 8 fully saturated rings. The van der Waals surface area contributed by atoms with Gasteiger partial charge in [-0.1, -0.05) is 11.2 Å². The molecule has 0 bridgehead atoms. The Morgan fingerprint density at radius 2 is 1.06 bits per heavy atom. The van der Waals surface area contributed by atoms with E-state index in [4.69, 9.17) is 25.8 Å². The van der Waals surface area contributed by atoms with Gasteiger partial charge in [-0.15, -0.1) is 10.6 Å². The van der Waals surface area contributed by atoms with Crippen molar-refractivity contribution in [2.75, 3.05) is 220 Å². The number of aromatic nitrogens is 8. The molecule has 8 aromatic rings. The highest BCUT2D eigenvalue weighted by Crippen LogP contribution is 2.40. The first-order valence-electron chi connectivity index (χ1n) is 49.5. The number of piperidine rings is 3. The number of H-pyrrole nitrogens is 1. The number of nitrogens with two attached hydrogens (primary N) is 1. The molecular weight excluding hydrogens is 1800 g/mol. The van der Waals surface area contributed by atoms with Gasteiger partial charge in [-0.25, -0.2) is 30.0 Å². The number of fused-ring (bicyclic) bond motifs is 6. The lowest BCUT2D eigenvalue weighted by Crippen LogP contribution is -2.56. The van der Waals surface area contributed by atoms with Gasteiger partial charge in [0.2, 0.25) is 23.7 Å². The number of Topliss-reactive ketones (excluding diaryl/α,β-unsaturated/α-hetero) is 2. The Kier molecular flexibility index (Phi) is 27.1. The smallest absolute Gasteiger partial charge is 0.335 e. The molecule has 0 spiro atoms. The zero-order valence-corrected chi connectivity index (χ0v) is 80.7. The molecule has 7 amide bonds. The number of guanidine groups is 1. The summed E-state index contributed by atoms with van der Waals surface area (Å²) >= 11 is 0. The summed E-state index contributed by atoms with van der Waals surface area (Å²) in [5, 5.41) is 41.0. The molecule has 17 heterocycles. The van der Waals surface area contributed by atoms with Crippen LogP contribution in [0.25, 0.3) is 22.2 Å². The lowest BCUT2D eigenvalue weighted by Gasteiger charge is -2.40. The number of imide groups is 3. The van der Waals surface area contributed by atoms with E-state index in [1.54, 1.807) is 46.8 Å². The number of tetrazole rings is 1. The lowest BCUT2D eigenvalue weighted by atomic mass is 9.92. The van der Waals surface area contributed by atoms with E-state index in [0.717, 1.165) is 285 Å². The molecule has 0 radical (unpaired) electrons. The predicted octanol–water partition coefficient (Wildman–Crippen LogP) is 4.82. The minimum absolute atomic E-state index is 0.101. The predicted molar refractivity (Wildman–Crippen MR) is 530 cm³/mol. The molecule has 22 rings (SSSR count). The van der Waals surface area contributed by atoms with Crippen LogP contribution in [0.15, 0.2) is 142 Å². The monoisotopic (exact) mass is 1920 g/mol. The maximum absolute atomic E-state index is 13.7. The van der Waals surface area contributed by atoms with Crippen LogP contribution in [0.2, 0.25) is 0 Å². The fraction of sp³-hybridized carbons (Fsp3) is 0.480. The summed E-state index contributed by atoms with van der Waals surface area (Å²) in [6.45, 7) is 34.5. The molecule has 4 aromatic carbocycles. The number of hydrazine groups is 2. The fourth-order valence-corrected chi connectivity index (χ4v) is 22.4. The van der Waals surface area contributed by atoms with Gasteiger partial charge in [0.05, 0.1) is 75.7 Å². The van der Waals surface area contributed by atoms with Gasteiger partial charge in [0.25, 0.3) is 29.5 Å². The topological polar surface area (TPSA) is 436 Å². The van der Waals surface area contributed by atoms with Gasteiger partial charge in [-0.3, -0.25) is 88.0 Å². The van der Waals surface area contributed by atoms with Crippen molar-refractivity contribution in [1.29, 1.82) is 0 Å². The molecule has 13 aliphatic heterocycles. The normalized spacial score (nSPS) is 22.7. The van der Waals surface area contributed by atoms with Crippen LogP contribution in [-0.4, -0.2) is 368 Å². The van der Waals surface area contributed by atoms with E-state index in [2.05, 4.69) is 114 Å². The van der Waals surface area contributed by atoms with Crippen LogP contribution in [0.1, 0.15) is 150 Å². The first-order valence-corrected chi connectivity index (χ1v) is 49.5. The number of ketones is 2. The summed E-state index contributed by atoms with van der Waals surface area (Å²) in [6, 6.07) is 28.7. The number of carbonyl (C=O) groups is 10.